The van der Waals surface area contributed by atoms with E-state index in [1.54, 1.807) is 0 Å². The molecular weight excluding hydrogens is 346 g/mol. The molecule has 5 heteroatoms. The van der Waals surface area contributed by atoms with Crippen molar-refractivity contribution in [3.8, 4) is 0 Å². The number of piperazine rings is 1. The topological polar surface area (TPSA) is 27.0 Å². The van der Waals surface area contributed by atoms with Crippen LogP contribution in [0.3, 0.4) is 0 Å². The van der Waals surface area contributed by atoms with Gasteiger partial charge in [-0.2, -0.15) is 0 Å². The number of aromatic nitrogens is 2. The van der Waals surface area contributed by atoms with Gasteiger partial charge in [-0.1, -0.05) is 12.5 Å². The van der Waals surface area contributed by atoms with Crippen molar-refractivity contribution in [3.05, 3.63) is 30.1 Å². The van der Waals surface area contributed by atoms with Crippen molar-refractivity contribution in [2.75, 3.05) is 44.2 Å². The van der Waals surface area contributed by atoms with Gasteiger partial charge in [0.1, 0.15) is 11.5 Å². The van der Waals surface area contributed by atoms with Gasteiger partial charge in [0.25, 0.3) is 0 Å². The average Bonchev–Trinajstić information content (AvgIpc) is 3.16. The molecule has 2 aromatic heterocycles. The maximum atomic E-state index is 5.15. The van der Waals surface area contributed by atoms with Gasteiger partial charge in [0.15, 0.2) is 0 Å². The van der Waals surface area contributed by atoms with Crippen molar-refractivity contribution >= 4 is 11.5 Å². The van der Waals surface area contributed by atoms with E-state index < -0.39 is 0 Å². The summed E-state index contributed by atoms with van der Waals surface area (Å²) in [5, 5.41) is 0. The third-order valence-electron chi connectivity index (χ3n) is 7.56. The summed E-state index contributed by atoms with van der Waals surface area (Å²) in [5.41, 5.74) is 2.41. The smallest absolute Gasteiger partial charge is 0.138 e. The normalized spacial score (nSPS) is 27.6. The molecule has 2 saturated heterocycles. The lowest BCUT2D eigenvalue weighted by molar-refractivity contribution is 0.0194. The van der Waals surface area contributed by atoms with E-state index in [2.05, 4.69) is 43.5 Å². The average molecular weight is 380 g/mol. The van der Waals surface area contributed by atoms with Gasteiger partial charge in [0, 0.05) is 51.5 Å². The quantitative estimate of drug-likeness (QED) is 0.794. The number of anilines is 1. The second-order valence-electron chi connectivity index (χ2n) is 9.51. The van der Waals surface area contributed by atoms with Gasteiger partial charge in [0.2, 0.25) is 0 Å². The predicted molar refractivity (Wildman–Crippen MR) is 113 cm³/mol. The molecule has 0 radical (unpaired) electrons. The number of hydrogen-bond donors (Lipinski definition) is 0. The Morgan fingerprint density at radius 1 is 0.929 bits per heavy atom. The molecule has 0 spiro atoms. The van der Waals surface area contributed by atoms with Crippen LogP contribution in [0.5, 0.6) is 0 Å². The minimum Gasteiger partial charge on any atom is -0.358 e. The first-order valence-corrected chi connectivity index (χ1v) is 11.6. The summed E-state index contributed by atoms with van der Waals surface area (Å²) in [6, 6.07) is 7.93. The van der Waals surface area contributed by atoms with Crippen molar-refractivity contribution in [1.29, 1.82) is 0 Å². The van der Waals surface area contributed by atoms with E-state index in [0.29, 0.717) is 6.04 Å². The summed E-state index contributed by atoms with van der Waals surface area (Å²) in [6.07, 6.45) is 12.1. The Hall–Kier alpha value is -1.59. The van der Waals surface area contributed by atoms with Crippen LogP contribution < -0.4 is 4.90 Å². The van der Waals surface area contributed by atoms with Crippen molar-refractivity contribution in [1.82, 2.24) is 19.2 Å². The minimum atomic E-state index is 0.460. The highest BCUT2D eigenvalue weighted by molar-refractivity contribution is 5.53. The second-order valence-corrected chi connectivity index (χ2v) is 9.51. The van der Waals surface area contributed by atoms with E-state index in [1.165, 1.54) is 95.7 Å². The van der Waals surface area contributed by atoms with Crippen LogP contribution in [0, 0.1) is 5.92 Å². The maximum absolute atomic E-state index is 5.15. The highest BCUT2D eigenvalue weighted by Gasteiger charge is 2.37. The Bertz CT molecular complexity index is 831. The zero-order chi connectivity index (χ0) is 18.5. The van der Waals surface area contributed by atoms with Crippen molar-refractivity contribution in [2.24, 2.45) is 5.92 Å². The van der Waals surface area contributed by atoms with Crippen LogP contribution in [0.2, 0.25) is 0 Å². The zero-order valence-corrected chi connectivity index (χ0v) is 17.0. The number of pyridine rings is 1. The van der Waals surface area contributed by atoms with Gasteiger partial charge in [0.05, 0.1) is 11.7 Å². The van der Waals surface area contributed by atoms with Gasteiger partial charge in [-0.05, 0) is 56.6 Å². The van der Waals surface area contributed by atoms with Crippen LogP contribution in [-0.2, 0) is 0 Å². The molecule has 2 aliphatic heterocycles. The van der Waals surface area contributed by atoms with E-state index in [-0.39, 0.29) is 0 Å². The molecule has 4 heterocycles. The standard InChI is InChI=1S/C23H33N5/c1-2-12-25(11-1)23-8-4-7-22-24-20(16-28(22)23)21-17-26(19-5-3-6-19)13-14-27(21)15-18-9-10-18/h4,7-8,16,18-19,21H,1-3,5-6,9-15,17H2. The summed E-state index contributed by atoms with van der Waals surface area (Å²) in [7, 11) is 0. The first-order chi connectivity index (χ1) is 13.8. The van der Waals surface area contributed by atoms with E-state index in [1.807, 2.05) is 0 Å². The lowest BCUT2D eigenvalue weighted by Gasteiger charge is -2.46. The SMILES string of the molecule is c1cc(N2CCCC2)n2cc(C3CN(C4CCC4)CCN3CC3CC3)nc2c1. The van der Waals surface area contributed by atoms with Crippen LogP contribution in [0.25, 0.3) is 5.65 Å². The Morgan fingerprint density at radius 2 is 1.79 bits per heavy atom. The summed E-state index contributed by atoms with van der Waals surface area (Å²) in [5.74, 6) is 2.27. The highest BCUT2D eigenvalue weighted by atomic mass is 15.3. The first kappa shape index (κ1) is 17.3. The Labute approximate surface area is 168 Å². The molecule has 0 amide bonds. The van der Waals surface area contributed by atoms with Crippen molar-refractivity contribution in [2.45, 2.75) is 57.0 Å². The Morgan fingerprint density at radius 3 is 2.54 bits per heavy atom. The molecule has 4 fully saturated rings. The molecule has 2 aromatic rings. The number of rotatable bonds is 5. The summed E-state index contributed by atoms with van der Waals surface area (Å²) < 4.78 is 2.36. The molecule has 5 nitrogen and oxygen atoms in total. The van der Waals surface area contributed by atoms with Gasteiger partial charge in [-0.25, -0.2) is 4.98 Å². The van der Waals surface area contributed by atoms with E-state index in [9.17, 15) is 0 Å². The third-order valence-corrected chi connectivity index (χ3v) is 7.56. The van der Waals surface area contributed by atoms with Crippen LogP contribution >= 0.6 is 0 Å². The number of nitrogens with zero attached hydrogens (tertiary/aromatic N) is 5. The molecule has 28 heavy (non-hydrogen) atoms. The summed E-state index contributed by atoms with van der Waals surface area (Å²) >= 11 is 0. The van der Waals surface area contributed by atoms with E-state index >= 15 is 0 Å². The molecule has 1 unspecified atom stereocenters. The molecule has 0 N–H and O–H groups in total. The van der Waals surface area contributed by atoms with Crippen LogP contribution in [-0.4, -0.2) is 64.5 Å². The molecule has 0 bridgehead atoms. The molecule has 4 aliphatic rings. The predicted octanol–water partition coefficient (Wildman–Crippen LogP) is 3.56. The summed E-state index contributed by atoms with van der Waals surface area (Å²) in [4.78, 5) is 13.2. The van der Waals surface area contributed by atoms with Gasteiger partial charge < -0.3 is 4.90 Å². The molecular formula is C23H33N5. The fourth-order valence-corrected chi connectivity index (χ4v) is 5.44. The fourth-order valence-electron chi connectivity index (χ4n) is 5.44. The molecule has 150 valence electrons. The second kappa shape index (κ2) is 7.03. The Balaban J connectivity index is 1.32. The van der Waals surface area contributed by atoms with Crippen LogP contribution in [0.4, 0.5) is 5.82 Å². The van der Waals surface area contributed by atoms with Gasteiger partial charge in [-0.15, -0.1) is 0 Å². The highest BCUT2D eigenvalue weighted by Crippen LogP contribution is 2.36. The maximum Gasteiger partial charge on any atom is 0.138 e. The fraction of sp³-hybridized carbons (Fsp3) is 0.696. The number of fused-ring (bicyclic) bond motifs is 1. The third kappa shape index (κ3) is 3.13. The summed E-state index contributed by atoms with van der Waals surface area (Å²) in [6.45, 7) is 7.26. The van der Waals surface area contributed by atoms with E-state index in [0.717, 1.165) is 17.6 Å². The molecule has 2 saturated carbocycles. The van der Waals surface area contributed by atoms with Crippen molar-refractivity contribution in [3.63, 3.8) is 0 Å². The largest absolute Gasteiger partial charge is 0.358 e. The molecule has 2 aliphatic carbocycles. The zero-order valence-electron chi connectivity index (χ0n) is 17.0. The van der Waals surface area contributed by atoms with Crippen molar-refractivity contribution < 1.29 is 0 Å². The lowest BCUT2D eigenvalue weighted by Crippen LogP contribution is -2.53. The monoisotopic (exact) mass is 379 g/mol. The number of imidazole rings is 1. The van der Waals surface area contributed by atoms with Crippen LogP contribution in [0.15, 0.2) is 24.4 Å². The van der Waals surface area contributed by atoms with Gasteiger partial charge in [-0.3, -0.25) is 14.2 Å². The van der Waals surface area contributed by atoms with Gasteiger partial charge >= 0.3 is 0 Å². The molecule has 6 rings (SSSR count). The Kier molecular flexibility index (Phi) is 4.34. The number of hydrogen-bond acceptors (Lipinski definition) is 4. The first-order valence-electron chi connectivity index (χ1n) is 11.6. The van der Waals surface area contributed by atoms with Crippen LogP contribution in [0.1, 0.15) is 56.7 Å². The molecule has 1 atom stereocenters. The molecule has 0 aromatic carbocycles. The lowest BCUT2D eigenvalue weighted by atomic mass is 9.90. The van der Waals surface area contributed by atoms with E-state index in [4.69, 9.17) is 4.98 Å². The minimum absolute atomic E-state index is 0.460.